The van der Waals surface area contributed by atoms with Crippen molar-refractivity contribution in [3.63, 3.8) is 0 Å². The molecule has 40 heavy (non-hydrogen) atoms. The first-order valence-corrected chi connectivity index (χ1v) is 14.2. The first kappa shape index (κ1) is 29.1. The van der Waals surface area contributed by atoms with Gasteiger partial charge in [-0.05, 0) is 104 Å². The van der Waals surface area contributed by atoms with Crippen LogP contribution in [0.5, 0.6) is 0 Å². The zero-order chi connectivity index (χ0) is 28.8. The topological polar surface area (TPSA) is 23.6 Å². The Hall–Kier alpha value is -2.39. The van der Waals surface area contributed by atoms with Gasteiger partial charge in [-0.3, -0.25) is 14.6 Å². The highest BCUT2D eigenvalue weighted by molar-refractivity contribution is 5.79. The number of Topliss-reactive ketones (excluding diaryl/α,β-unsaturated/α-hetero) is 1. The molecule has 2 aliphatic heterocycles. The normalized spacial score (nSPS) is 21.2. The number of hydrogen-bond acceptors (Lipinski definition) is 3. The molecular weight excluding hydrogens is 530 g/mol. The van der Waals surface area contributed by atoms with Crippen molar-refractivity contribution in [2.75, 3.05) is 19.6 Å². The number of nitrogens with zero attached hydrogens (tertiary/aromatic N) is 2. The number of benzene rings is 2. The number of rotatable bonds is 7. The maximum Gasteiger partial charge on any atom is 0.416 e. The minimum atomic E-state index is -4.71. The Bertz CT molecular complexity index is 1230. The Morgan fingerprint density at radius 2 is 1.60 bits per heavy atom. The summed E-state index contributed by atoms with van der Waals surface area (Å²) < 4.78 is 80.3. The number of alkyl halides is 6. The van der Waals surface area contributed by atoms with Crippen LogP contribution in [-0.2, 0) is 36.7 Å². The molecule has 1 saturated carbocycles. The number of hydrogen-bond donors (Lipinski definition) is 0. The summed E-state index contributed by atoms with van der Waals surface area (Å²) >= 11 is 0. The third-order valence-electron chi connectivity index (χ3n) is 9.17. The van der Waals surface area contributed by atoms with E-state index >= 15 is 0 Å². The van der Waals surface area contributed by atoms with E-state index in [-0.39, 0.29) is 35.8 Å². The van der Waals surface area contributed by atoms with Crippen LogP contribution in [0.25, 0.3) is 0 Å². The molecule has 0 aromatic heterocycles. The number of ketones is 1. The summed E-state index contributed by atoms with van der Waals surface area (Å²) in [4.78, 5) is 16.5. The summed E-state index contributed by atoms with van der Waals surface area (Å²) in [6.07, 6.45) is -4.66. The average Bonchev–Trinajstić information content (AvgIpc) is 3.73. The van der Waals surface area contributed by atoms with Gasteiger partial charge in [-0.2, -0.15) is 26.3 Å². The fraction of sp³-hybridized carbons (Fsp3) is 0.581. The van der Waals surface area contributed by atoms with Gasteiger partial charge < -0.3 is 0 Å². The molecule has 2 heterocycles. The highest BCUT2D eigenvalue weighted by Gasteiger charge is 2.39. The molecule has 2 fully saturated rings. The van der Waals surface area contributed by atoms with Crippen LogP contribution in [0.1, 0.15) is 78.8 Å². The van der Waals surface area contributed by atoms with Gasteiger partial charge in [0.1, 0.15) is 5.78 Å². The van der Waals surface area contributed by atoms with E-state index in [1.165, 1.54) is 16.7 Å². The molecule has 0 bridgehead atoms. The predicted octanol–water partition coefficient (Wildman–Crippen LogP) is 7.47. The van der Waals surface area contributed by atoms with Crippen LogP contribution in [0.15, 0.2) is 36.4 Å². The van der Waals surface area contributed by atoms with Gasteiger partial charge in [0.05, 0.1) is 11.1 Å². The molecule has 1 saturated heterocycles. The summed E-state index contributed by atoms with van der Waals surface area (Å²) in [5.41, 5.74) is 1.46. The highest BCUT2D eigenvalue weighted by Crippen LogP contribution is 2.47. The molecule has 0 radical (unpaired) electrons. The smallest absolute Gasteiger partial charge is 0.300 e. The number of carbonyl (C=O) groups is 1. The maximum atomic E-state index is 13.5. The van der Waals surface area contributed by atoms with Crippen molar-refractivity contribution in [3.8, 4) is 0 Å². The Balaban J connectivity index is 1.24. The number of fused-ring (bicyclic) bond motifs is 1. The molecule has 2 aromatic carbocycles. The summed E-state index contributed by atoms with van der Waals surface area (Å²) in [6, 6.07) is 8.66. The van der Waals surface area contributed by atoms with Crippen molar-refractivity contribution in [1.82, 2.24) is 9.80 Å². The lowest BCUT2D eigenvalue weighted by Crippen LogP contribution is -2.46. The van der Waals surface area contributed by atoms with Crippen LogP contribution in [0.3, 0.4) is 0 Å². The SMILES string of the molecule is CC(=O)[C@@H](C)[C@H](c1ccc2c(c1)CN(C1CCN(Cc3cc(C(F)(F)F)ccc3C(F)(F)F)CC1)CC2)C1CC1. The molecule has 218 valence electrons. The van der Waals surface area contributed by atoms with E-state index in [0.29, 0.717) is 37.2 Å². The van der Waals surface area contributed by atoms with E-state index < -0.39 is 23.5 Å². The van der Waals surface area contributed by atoms with Crippen LogP contribution in [0, 0.1) is 11.8 Å². The van der Waals surface area contributed by atoms with Gasteiger partial charge in [0.25, 0.3) is 0 Å². The van der Waals surface area contributed by atoms with Gasteiger partial charge in [0, 0.05) is 31.6 Å². The second kappa shape index (κ2) is 11.1. The molecule has 3 nitrogen and oxygen atoms in total. The average molecular weight is 567 g/mol. The predicted molar refractivity (Wildman–Crippen MR) is 141 cm³/mol. The van der Waals surface area contributed by atoms with E-state index in [9.17, 15) is 31.1 Å². The minimum absolute atomic E-state index is 0.00995. The first-order valence-electron chi connectivity index (χ1n) is 14.2. The van der Waals surface area contributed by atoms with Crippen LogP contribution in [0.4, 0.5) is 26.3 Å². The van der Waals surface area contributed by atoms with E-state index in [1.807, 2.05) is 11.8 Å². The van der Waals surface area contributed by atoms with E-state index in [1.54, 1.807) is 6.92 Å². The lowest BCUT2D eigenvalue weighted by atomic mass is 9.80. The van der Waals surface area contributed by atoms with E-state index in [2.05, 4.69) is 23.1 Å². The van der Waals surface area contributed by atoms with Crippen molar-refractivity contribution >= 4 is 5.78 Å². The summed E-state index contributed by atoms with van der Waals surface area (Å²) in [7, 11) is 0. The zero-order valence-corrected chi connectivity index (χ0v) is 22.9. The van der Waals surface area contributed by atoms with Gasteiger partial charge in [-0.25, -0.2) is 0 Å². The van der Waals surface area contributed by atoms with Crippen LogP contribution in [-0.4, -0.2) is 41.3 Å². The molecule has 2 atom stereocenters. The molecule has 2 aromatic rings. The summed E-state index contributed by atoms with van der Waals surface area (Å²) in [5.74, 6) is 1.02. The fourth-order valence-corrected chi connectivity index (χ4v) is 6.66. The summed E-state index contributed by atoms with van der Waals surface area (Å²) in [6.45, 7) is 6.30. The van der Waals surface area contributed by atoms with Gasteiger partial charge in [-0.15, -0.1) is 0 Å². The van der Waals surface area contributed by atoms with Crippen LogP contribution in [0.2, 0.25) is 0 Å². The Morgan fingerprint density at radius 1 is 0.900 bits per heavy atom. The Labute approximate surface area is 231 Å². The van der Waals surface area contributed by atoms with Crippen molar-refractivity contribution in [3.05, 3.63) is 69.8 Å². The van der Waals surface area contributed by atoms with Crippen LogP contribution < -0.4 is 0 Å². The fourth-order valence-electron chi connectivity index (χ4n) is 6.66. The second-order valence-electron chi connectivity index (χ2n) is 11.9. The van der Waals surface area contributed by atoms with Gasteiger partial charge >= 0.3 is 12.4 Å². The number of carbonyl (C=O) groups excluding carboxylic acids is 1. The van der Waals surface area contributed by atoms with Gasteiger partial charge in [-0.1, -0.05) is 25.1 Å². The third kappa shape index (κ3) is 6.40. The molecule has 0 amide bonds. The minimum Gasteiger partial charge on any atom is -0.300 e. The van der Waals surface area contributed by atoms with E-state index in [0.717, 1.165) is 45.2 Å². The molecule has 5 rings (SSSR count). The molecule has 9 heteroatoms. The monoisotopic (exact) mass is 566 g/mol. The number of halogens is 6. The van der Waals surface area contributed by atoms with Crippen molar-refractivity contribution in [1.29, 1.82) is 0 Å². The molecular formula is C31H36F6N2O. The van der Waals surface area contributed by atoms with Crippen molar-refractivity contribution in [2.24, 2.45) is 11.8 Å². The van der Waals surface area contributed by atoms with Gasteiger partial charge in [0.2, 0.25) is 0 Å². The quantitative estimate of drug-likeness (QED) is 0.325. The standard InChI is InChI=1S/C31H36F6N2O/c1-19(20(2)40)29(22-4-5-22)23-6-3-21-9-14-39(18-24(21)15-23)27-10-12-38(13-11-27)17-25-16-26(30(32,33)34)7-8-28(25)31(35,36)37/h3,6-8,15-16,19,22,27,29H,4-5,9-14,17-18H2,1-2H3/t19-,29+/m1/s1. The van der Waals surface area contributed by atoms with Crippen molar-refractivity contribution in [2.45, 2.75) is 83.4 Å². The largest absolute Gasteiger partial charge is 0.416 e. The molecule has 1 aliphatic carbocycles. The van der Waals surface area contributed by atoms with E-state index in [4.69, 9.17) is 0 Å². The second-order valence-corrected chi connectivity index (χ2v) is 11.9. The Morgan fingerprint density at radius 3 is 2.20 bits per heavy atom. The Kier molecular flexibility index (Phi) is 8.09. The van der Waals surface area contributed by atoms with Gasteiger partial charge in [0.15, 0.2) is 0 Å². The lowest BCUT2D eigenvalue weighted by molar-refractivity contribution is -0.142. The lowest BCUT2D eigenvalue weighted by Gasteiger charge is -2.41. The zero-order valence-electron chi connectivity index (χ0n) is 22.9. The molecule has 0 unspecified atom stereocenters. The molecule has 3 aliphatic rings. The highest BCUT2D eigenvalue weighted by atomic mass is 19.4. The first-order chi connectivity index (χ1) is 18.8. The third-order valence-corrected chi connectivity index (χ3v) is 9.17. The number of piperidine rings is 1. The molecule has 0 spiro atoms. The number of likely N-dealkylation sites (tertiary alicyclic amines) is 1. The maximum absolute atomic E-state index is 13.5. The van der Waals surface area contributed by atoms with Crippen LogP contribution >= 0.6 is 0 Å². The summed E-state index contributed by atoms with van der Waals surface area (Å²) in [5, 5.41) is 0. The van der Waals surface area contributed by atoms with Crippen molar-refractivity contribution < 1.29 is 31.1 Å². The molecule has 0 N–H and O–H groups in total.